The maximum Gasteiger partial charge on any atom is 0.320 e. The smallest absolute Gasteiger partial charge is 0.320 e. The molecule has 0 atom stereocenters. The van der Waals surface area contributed by atoms with Crippen LogP contribution in [-0.4, -0.2) is 53.1 Å². The van der Waals surface area contributed by atoms with Crippen LogP contribution in [0.3, 0.4) is 0 Å². The number of rotatable bonds is 5. The number of para-hydroxylation sites is 1. The number of anilines is 4. The normalized spacial score (nSPS) is 13.7. The Labute approximate surface area is 184 Å². The summed E-state index contributed by atoms with van der Waals surface area (Å²) >= 11 is 6.09. The summed E-state index contributed by atoms with van der Waals surface area (Å²) in [4.78, 5) is 27.9. The van der Waals surface area contributed by atoms with Crippen LogP contribution in [0.5, 0.6) is 0 Å². The number of nitrogens with zero attached hydrogens (tertiary/aromatic N) is 4. The molecule has 0 aliphatic carbocycles. The van der Waals surface area contributed by atoms with Gasteiger partial charge in [0.15, 0.2) is 0 Å². The maximum atomic E-state index is 12.4. The van der Waals surface area contributed by atoms with E-state index >= 15 is 0 Å². The summed E-state index contributed by atoms with van der Waals surface area (Å²) in [6.07, 6.45) is 0. The van der Waals surface area contributed by atoms with E-state index in [1.54, 1.807) is 25.1 Å². The molecule has 0 spiro atoms. The van der Waals surface area contributed by atoms with Gasteiger partial charge in [0, 0.05) is 44.5 Å². The lowest BCUT2D eigenvalue weighted by atomic mass is 10.2. The highest BCUT2D eigenvalue weighted by molar-refractivity contribution is 6.33. The molecule has 2 heterocycles. The molecule has 1 aliphatic rings. The van der Waals surface area contributed by atoms with Gasteiger partial charge in [-0.05, 0) is 36.4 Å². The monoisotopic (exact) mass is 440 g/mol. The molecule has 1 fully saturated rings. The fourth-order valence-electron chi connectivity index (χ4n) is 3.26. The number of hydrogen-bond donors (Lipinski definition) is 2. The third-order valence-corrected chi connectivity index (χ3v) is 5.28. The molecule has 10 heteroatoms. The molecule has 2 N–H and O–H groups in total. The highest BCUT2D eigenvalue weighted by Gasteiger charge is 2.19. The molecule has 0 bridgehead atoms. The minimum Gasteiger partial charge on any atom is -0.399 e. The van der Waals surface area contributed by atoms with Gasteiger partial charge in [0.25, 0.3) is 0 Å². The molecule has 1 saturated heterocycles. The second kappa shape index (κ2) is 9.05. The molecule has 3 aromatic rings. The fourth-order valence-corrected chi connectivity index (χ4v) is 3.45. The first kappa shape index (κ1) is 20.7. The maximum absolute atomic E-state index is 12.4. The first-order valence-corrected chi connectivity index (χ1v) is 10.1. The van der Waals surface area contributed by atoms with Crippen molar-refractivity contribution in [2.24, 2.45) is 0 Å². The van der Waals surface area contributed by atoms with Crippen LogP contribution in [0, 0.1) is 0 Å². The fraction of sp³-hybridized carbons (Fsp3) is 0.238. The standard InChI is InChI=1S/C21H21ClN6O3/c1-14(29)27-10-12-28(13-11-27)16-8-6-15(7-9-16)23-19(30)20-25-26-21(31-20)24-18-5-3-2-4-17(18)22/h2-9H,10-13H2,1H3,(H,23,30)(H,24,26). The highest BCUT2D eigenvalue weighted by atomic mass is 35.5. The number of carbonyl (C=O) groups is 2. The molecule has 1 aliphatic heterocycles. The van der Waals surface area contributed by atoms with E-state index < -0.39 is 5.91 Å². The molecular weight excluding hydrogens is 420 g/mol. The van der Waals surface area contributed by atoms with E-state index in [9.17, 15) is 9.59 Å². The largest absolute Gasteiger partial charge is 0.399 e. The van der Waals surface area contributed by atoms with Crippen molar-refractivity contribution in [2.45, 2.75) is 6.92 Å². The number of nitrogens with one attached hydrogen (secondary N) is 2. The van der Waals surface area contributed by atoms with Gasteiger partial charge in [-0.3, -0.25) is 9.59 Å². The lowest BCUT2D eigenvalue weighted by Crippen LogP contribution is -2.48. The lowest BCUT2D eigenvalue weighted by Gasteiger charge is -2.35. The van der Waals surface area contributed by atoms with Crippen molar-refractivity contribution >= 4 is 46.5 Å². The van der Waals surface area contributed by atoms with E-state index in [2.05, 4.69) is 25.7 Å². The zero-order valence-electron chi connectivity index (χ0n) is 16.8. The van der Waals surface area contributed by atoms with Crippen LogP contribution in [0.15, 0.2) is 52.9 Å². The molecule has 31 heavy (non-hydrogen) atoms. The van der Waals surface area contributed by atoms with E-state index in [0.717, 1.165) is 18.8 Å². The van der Waals surface area contributed by atoms with Crippen molar-refractivity contribution in [3.63, 3.8) is 0 Å². The number of amides is 2. The predicted molar refractivity (Wildman–Crippen MR) is 118 cm³/mol. The van der Waals surface area contributed by atoms with E-state index in [4.69, 9.17) is 16.0 Å². The van der Waals surface area contributed by atoms with Crippen molar-refractivity contribution in [3.8, 4) is 0 Å². The Hall–Kier alpha value is -3.59. The SMILES string of the molecule is CC(=O)N1CCN(c2ccc(NC(=O)c3nnc(Nc4ccccc4Cl)o3)cc2)CC1. The molecule has 1 aromatic heterocycles. The number of hydrogen-bond acceptors (Lipinski definition) is 7. The highest BCUT2D eigenvalue weighted by Crippen LogP contribution is 2.24. The van der Waals surface area contributed by atoms with Crippen molar-refractivity contribution in [3.05, 3.63) is 59.4 Å². The minimum absolute atomic E-state index is 0.0679. The van der Waals surface area contributed by atoms with Crippen molar-refractivity contribution in [1.82, 2.24) is 15.1 Å². The Kier molecular flexibility index (Phi) is 6.03. The van der Waals surface area contributed by atoms with Crippen LogP contribution >= 0.6 is 11.6 Å². The van der Waals surface area contributed by atoms with Crippen LogP contribution in [0.2, 0.25) is 5.02 Å². The van der Waals surface area contributed by atoms with Gasteiger partial charge in [0.2, 0.25) is 5.91 Å². The van der Waals surface area contributed by atoms with Gasteiger partial charge in [-0.1, -0.05) is 28.8 Å². The van der Waals surface area contributed by atoms with E-state index in [0.29, 0.717) is 29.5 Å². The zero-order chi connectivity index (χ0) is 21.8. The lowest BCUT2D eigenvalue weighted by molar-refractivity contribution is -0.129. The second-order valence-corrected chi connectivity index (χ2v) is 7.42. The summed E-state index contributed by atoms with van der Waals surface area (Å²) in [5.41, 5.74) is 2.24. The van der Waals surface area contributed by atoms with Crippen molar-refractivity contribution in [1.29, 1.82) is 0 Å². The second-order valence-electron chi connectivity index (χ2n) is 7.01. The third kappa shape index (κ3) is 4.95. The molecule has 2 amide bonds. The number of benzene rings is 2. The Balaban J connectivity index is 1.34. The van der Waals surface area contributed by atoms with Crippen LogP contribution in [0.25, 0.3) is 0 Å². The van der Waals surface area contributed by atoms with Gasteiger partial charge in [0.1, 0.15) is 0 Å². The number of piperazine rings is 1. The quantitative estimate of drug-likeness (QED) is 0.626. The molecule has 0 unspecified atom stereocenters. The minimum atomic E-state index is -0.512. The van der Waals surface area contributed by atoms with Crippen molar-refractivity contribution < 1.29 is 14.0 Å². The van der Waals surface area contributed by atoms with Crippen LogP contribution < -0.4 is 15.5 Å². The molecule has 160 valence electrons. The molecule has 4 rings (SSSR count). The van der Waals surface area contributed by atoms with E-state index in [-0.39, 0.29) is 17.8 Å². The number of aromatic nitrogens is 2. The average molecular weight is 441 g/mol. The van der Waals surface area contributed by atoms with Gasteiger partial charge in [-0.25, -0.2) is 0 Å². The van der Waals surface area contributed by atoms with E-state index in [1.807, 2.05) is 35.2 Å². The first-order valence-electron chi connectivity index (χ1n) is 9.76. The van der Waals surface area contributed by atoms with Gasteiger partial charge in [0.05, 0.1) is 10.7 Å². The van der Waals surface area contributed by atoms with Crippen LogP contribution in [0.1, 0.15) is 17.6 Å². The van der Waals surface area contributed by atoms with E-state index in [1.165, 1.54) is 0 Å². The number of halogens is 1. The predicted octanol–water partition coefficient (Wildman–Crippen LogP) is 3.39. The Morgan fingerprint density at radius 3 is 2.39 bits per heavy atom. The van der Waals surface area contributed by atoms with Crippen LogP contribution in [0.4, 0.5) is 23.1 Å². The summed E-state index contributed by atoms with van der Waals surface area (Å²) in [5.74, 6) is -0.578. The zero-order valence-corrected chi connectivity index (χ0v) is 17.6. The Morgan fingerprint density at radius 2 is 1.71 bits per heavy atom. The summed E-state index contributed by atoms with van der Waals surface area (Å²) in [5, 5.41) is 13.7. The molecular formula is C21H21ClN6O3. The van der Waals surface area contributed by atoms with Gasteiger partial charge < -0.3 is 24.9 Å². The molecule has 0 saturated carbocycles. The summed E-state index contributed by atoms with van der Waals surface area (Å²) in [6, 6.07) is 14.6. The molecule has 0 radical (unpaired) electrons. The Morgan fingerprint density at radius 1 is 1.00 bits per heavy atom. The van der Waals surface area contributed by atoms with Gasteiger partial charge in [-0.2, -0.15) is 0 Å². The summed E-state index contributed by atoms with van der Waals surface area (Å²) < 4.78 is 5.38. The topological polar surface area (TPSA) is 104 Å². The van der Waals surface area contributed by atoms with Gasteiger partial charge in [-0.15, -0.1) is 5.10 Å². The van der Waals surface area contributed by atoms with Crippen molar-refractivity contribution in [2.75, 3.05) is 41.7 Å². The van der Waals surface area contributed by atoms with Gasteiger partial charge >= 0.3 is 17.8 Å². The molecule has 2 aromatic carbocycles. The third-order valence-electron chi connectivity index (χ3n) is 4.95. The summed E-state index contributed by atoms with van der Waals surface area (Å²) in [7, 11) is 0. The first-order chi connectivity index (χ1) is 15.0. The molecule has 9 nitrogen and oxygen atoms in total. The number of carbonyl (C=O) groups excluding carboxylic acids is 2. The Bertz CT molecular complexity index is 1080. The average Bonchev–Trinajstić information content (AvgIpc) is 3.25. The summed E-state index contributed by atoms with van der Waals surface area (Å²) in [6.45, 7) is 4.54. The van der Waals surface area contributed by atoms with Crippen LogP contribution in [-0.2, 0) is 4.79 Å².